The fourth-order valence-corrected chi connectivity index (χ4v) is 2.51. The Hall–Kier alpha value is -1.55. The number of para-hydroxylation sites is 1. The lowest BCUT2D eigenvalue weighted by Crippen LogP contribution is -2.50. The van der Waals surface area contributed by atoms with Gasteiger partial charge in [0.1, 0.15) is 5.75 Å². The van der Waals surface area contributed by atoms with Gasteiger partial charge in [0.2, 0.25) is 0 Å². The van der Waals surface area contributed by atoms with E-state index in [1.165, 1.54) is 0 Å². The number of methoxy groups -OCH3 is 1. The van der Waals surface area contributed by atoms with E-state index in [1.54, 1.807) is 24.1 Å². The number of likely N-dealkylation sites (tertiary alicyclic amines) is 1. The highest BCUT2D eigenvalue weighted by Gasteiger charge is 2.37. The Morgan fingerprint density at radius 1 is 1.42 bits per heavy atom. The number of carbonyl (C=O) groups excluding carboxylic acids is 1. The first kappa shape index (κ1) is 13.9. The second kappa shape index (κ2) is 5.21. The highest BCUT2D eigenvalue weighted by atomic mass is 16.5. The van der Waals surface area contributed by atoms with Gasteiger partial charge in [-0.2, -0.15) is 0 Å². The average Bonchev–Trinajstić information content (AvgIpc) is 2.41. The third kappa shape index (κ3) is 2.73. The molecule has 1 heterocycles. The van der Waals surface area contributed by atoms with Crippen LogP contribution in [0.25, 0.3) is 0 Å². The van der Waals surface area contributed by atoms with Crippen molar-refractivity contribution in [3.8, 4) is 5.75 Å². The minimum Gasteiger partial charge on any atom is -0.496 e. The van der Waals surface area contributed by atoms with Crippen molar-refractivity contribution in [2.75, 3.05) is 20.2 Å². The molecule has 0 bridgehead atoms. The van der Waals surface area contributed by atoms with Crippen LogP contribution in [0, 0.1) is 5.41 Å². The second-order valence-electron chi connectivity index (χ2n) is 5.72. The van der Waals surface area contributed by atoms with Crippen LogP contribution in [0.5, 0.6) is 5.75 Å². The molecule has 1 fully saturated rings. The standard InChI is InChI=1S/C15H21NO3/c1-15(2)10-16(9-8-13(15)17)14(18)11-6-4-5-7-12(11)19-3/h4-7,13,17H,8-10H2,1-3H3. The van der Waals surface area contributed by atoms with E-state index < -0.39 is 0 Å². The highest BCUT2D eigenvalue weighted by molar-refractivity contribution is 5.97. The Balaban J connectivity index is 2.21. The molecule has 1 unspecified atom stereocenters. The largest absolute Gasteiger partial charge is 0.496 e. The molecule has 2 rings (SSSR count). The maximum atomic E-state index is 12.5. The fourth-order valence-electron chi connectivity index (χ4n) is 2.51. The molecule has 1 aliphatic rings. The number of carbonyl (C=O) groups is 1. The molecule has 1 N–H and O–H groups in total. The van der Waals surface area contributed by atoms with Crippen LogP contribution in [0.3, 0.4) is 0 Å². The summed E-state index contributed by atoms with van der Waals surface area (Å²) in [6, 6.07) is 7.25. The topological polar surface area (TPSA) is 49.8 Å². The lowest BCUT2D eigenvalue weighted by Gasteiger charge is -2.41. The number of hydrogen-bond acceptors (Lipinski definition) is 3. The molecule has 1 atom stereocenters. The van der Waals surface area contributed by atoms with Crippen LogP contribution in [0.4, 0.5) is 0 Å². The quantitative estimate of drug-likeness (QED) is 0.887. The smallest absolute Gasteiger partial charge is 0.257 e. The van der Waals surface area contributed by atoms with Gasteiger partial charge in [-0.25, -0.2) is 0 Å². The molecule has 1 aromatic rings. The first-order valence-electron chi connectivity index (χ1n) is 6.56. The summed E-state index contributed by atoms with van der Waals surface area (Å²) in [5.41, 5.74) is 0.313. The molecular weight excluding hydrogens is 242 g/mol. The third-order valence-corrected chi connectivity index (χ3v) is 3.80. The molecule has 0 saturated carbocycles. The first-order chi connectivity index (χ1) is 8.95. The number of amides is 1. The number of piperidine rings is 1. The summed E-state index contributed by atoms with van der Waals surface area (Å²) in [4.78, 5) is 14.3. The van der Waals surface area contributed by atoms with Gasteiger partial charge in [0.15, 0.2) is 0 Å². The molecule has 4 heteroatoms. The molecule has 0 spiro atoms. The van der Waals surface area contributed by atoms with Crippen LogP contribution < -0.4 is 4.74 Å². The normalized spacial score (nSPS) is 22.1. The van der Waals surface area contributed by atoms with Gasteiger partial charge in [-0.1, -0.05) is 26.0 Å². The van der Waals surface area contributed by atoms with Crippen LogP contribution >= 0.6 is 0 Å². The van der Waals surface area contributed by atoms with Crippen LogP contribution in [0.1, 0.15) is 30.6 Å². The van der Waals surface area contributed by atoms with Crippen LogP contribution in [0.15, 0.2) is 24.3 Å². The Kier molecular flexibility index (Phi) is 3.80. The number of aliphatic hydroxyl groups is 1. The van der Waals surface area contributed by atoms with E-state index in [2.05, 4.69) is 0 Å². The van der Waals surface area contributed by atoms with Gasteiger partial charge in [0.05, 0.1) is 18.8 Å². The van der Waals surface area contributed by atoms with Crippen molar-refractivity contribution in [2.45, 2.75) is 26.4 Å². The maximum absolute atomic E-state index is 12.5. The van der Waals surface area contributed by atoms with Crippen molar-refractivity contribution >= 4 is 5.91 Å². The maximum Gasteiger partial charge on any atom is 0.257 e. The summed E-state index contributed by atoms with van der Waals surface area (Å²) in [7, 11) is 1.57. The highest BCUT2D eigenvalue weighted by Crippen LogP contribution is 2.31. The minimum absolute atomic E-state index is 0.0302. The monoisotopic (exact) mass is 263 g/mol. The van der Waals surface area contributed by atoms with Gasteiger partial charge in [-0.15, -0.1) is 0 Å². The van der Waals surface area contributed by atoms with Gasteiger partial charge in [0.25, 0.3) is 5.91 Å². The van der Waals surface area contributed by atoms with E-state index in [0.717, 1.165) is 0 Å². The molecule has 4 nitrogen and oxygen atoms in total. The Bertz CT molecular complexity index is 470. The molecule has 1 amide bonds. The van der Waals surface area contributed by atoms with Gasteiger partial charge >= 0.3 is 0 Å². The molecular formula is C15H21NO3. The van der Waals surface area contributed by atoms with Gasteiger partial charge in [-0.3, -0.25) is 4.79 Å². The van der Waals surface area contributed by atoms with Crippen molar-refractivity contribution in [2.24, 2.45) is 5.41 Å². The fraction of sp³-hybridized carbons (Fsp3) is 0.533. The van der Waals surface area contributed by atoms with Gasteiger partial charge < -0.3 is 14.7 Å². The van der Waals surface area contributed by atoms with E-state index in [0.29, 0.717) is 30.8 Å². The van der Waals surface area contributed by atoms with E-state index in [1.807, 2.05) is 26.0 Å². The number of hydrogen-bond donors (Lipinski definition) is 1. The minimum atomic E-state index is -0.353. The first-order valence-corrected chi connectivity index (χ1v) is 6.56. The zero-order valence-corrected chi connectivity index (χ0v) is 11.7. The van der Waals surface area contributed by atoms with Crippen molar-refractivity contribution in [1.29, 1.82) is 0 Å². The average molecular weight is 263 g/mol. The molecule has 0 aliphatic carbocycles. The predicted octanol–water partition coefficient (Wildman–Crippen LogP) is 1.93. The summed E-state index contributed by atoms with van der Waals surface area (Å²) in [6.07, 6.45) is 0.266. The van der Waals surface area contributed by atoms with E-state index >= 15 is 0 Å². The second-order valence-corrected chi connectivity index (χ2v) is 5.72. The lowest BCUT2D eigenvalue weighted by atomic mass is 9.81. The Labute approximate surface area is 114 Å². The number of rotatable bonds is 2. The summed E-state index contributed by atoms with van der Waals surface area (Å²) in [5.74, 6) is 0.564. The lowest BCUT2D eigenvalue weighted by molar-refractivity contribution is -0.0182. The number of nitrogens with zero attached hydrogens (tertiary/aromatic N) is 1. The van der Waals surface area contributed by atoms with Crippen molar-refractivity contribution < 1.29 is 14.6 Å². The molecule has 0 radical (unpaired) electrons. The van der Waals surface area contributed by atoms with Crippen molar-refractivity contribution in [3.63, 3.8) is 0 Å². The number of benzene rings is 1. The molecule has 104 valence electrons. The van der Waals surface area contributed by atoms with Crippen LogP contribution in [0.2, 0.25) is 0 Å². The molecule has 19 heavy (non-hydrogen) atoms. The molecule has 1 saturated heterocycles. The summed E-state index contributed by atoms with van der Waals surface area (Å²) < 4.78 is 5.23. The zero-order chi connectivity index (χ0) is 14.0. The van der Waals surface area contributed by atoms with Crippen molar-refractivity contribution in [3.05, 3.63) is 29.8 Å². The molecule has 1 aliphatic heterocycles. The number of aliphatic hydroxyl groups excluding tert-OH is 1. The SMILES string of the molecule is COc1ccccc1C(=O)N1CCC(O)C(C)(C)C1. The Morgan fingerprint density at radius 2 is 2.11 bits per heavy atom. The van der Waals surface area contributed by atoms with Gasteiger partial charge in [-0.05, 0) is 18.6 Å². The predicted molar refractivity (Wildman–Crippen MR) is 73.3 cm³/mol. The third-order valence-electron chi connectivity index (χ3n) is 3.80. The van der Waals surface area contributed by atoms with Gasteiger partial charge in [0, 0.05) is 18.5 Å². The van der Waals surface area contributed by atoms with Crippen molar-refractivity contribution in [1.82, 2.24) is 4.90 Å². The van der Waals surface area contributed by atoms with Crippen LogP contribution in [-0.4, -0.2) is 42.2 Å². The van der Waals surface area contributed by atoms with E-state index in [4.69, 9.17) is 4.74 Å². The molecule has 1 aromatic carbocycles. The zero-order valence-electron chi connectivity index (χ0n) is 11.7. The summed E-state index contributed by atoms with van der Waals surface area (Å²) >= 11 is 0. The Morgan fingerprint density at radius 3 is 2.74 bits per heavy atom. The summed E-state index contributed by atoms with van der Waals surface area (Å²) in [5, 5.41) is 9.95. The van der Waals surface area contributed by atoms with Crippen LogP contribution in [-0.2, 0) is 0 Å². The molecule has 0 aromatic heterocycles. The summed E-state index contributed by atoms with van der Waals surface area (Å²) in [6.45, 7) is 5.12. The van der Waals surface area contributed by atoms with E-state index in [9.17, 15) is 9.90 Å². The van der Waals surface area contributed by atoms with E-state index in [-0.39, 0.29) is 17.4 Å². The number of ether oxygens (including phenoxy) is 1.